The topological polar surface area (TPSA) is 27.7 Å². The fraction of sp³-hybridized carbons (Fsp3) is 1.00. The Morgan fingerprint density at radius 1 is 1.00 bits per heavy atom. The molecule has 0 atom stereocenters. The van der Waals surface area contributed by atoms with Crippen molar-refractivity contribution in [3.8, 4) is 0 Å². The lowest BCUT2D eigenvalue weighted by atomic mass is 10.3. The maximum atomic E-state index is 5.60. The van der Waals surface area contributed by atoms with E-state index >= 15 is 0 Å². The Morgan fingerprint density at radius 2 is 1.50 bits per heavy atom. The molecule has 0 heterocycles. The van der Waals surface area contributed by atoms with Crippen molar-refractivity contribution in [2.75, 3.05) is 19.8 Å². The predicted molar refractivity (Wildman–Crippen MR) is 76.1 cm³/mol. The summed E-state index contributed by atoms with van der Waals surface area (Å²) >= 11 is 11.2. The van der Waals surface area contributed by atoms with Crippen LogP contribution in [0.3, 0.4) is 0 Å². The van der Waals surface area contributed by atoms with Crippen LogP contribution in [-0.2, 0) is 13.3 Å². The van der Waals surface area contributed by atoms with Crippen LogP contribution in [0.15, 0.2) is 0 Å². The van der Waals surface area contributed by atoms with Crippen LogP contribution < -0.4 is 0 Å². The first-order valence-electron chi connectivity index (χ1n) is 5.68. The normalized spacial score (nSPS) is 11.1. The second-order valence-corrected chi connectivity index (χ2v) is 8.68. The highest BCUT2D eigenvalue weighted by Crippen LogP contribution is 2.16. The molecule has 0 aromatic carbocycles. The molecule has 0 N–H and O–H groups in total. The van der Waals surface area contributed by atoms with Crippen molar-refractivity contribution >= 4 is 39.8 Å². The lowest BCUT2D eigenvalue weighted by Crippen LogP contribution is -2.29. The number of hydrogen-bond donors (Lipinski definition) is 0. The Hall–Kier alpha value is 0.894. The van der Waals surface area contributed by atoms with Gasteiger partial charge in [0.05, 0.1) is 0 Å². The highest BCUT2D eigenvalue weighted by molar-refractivity contribution is 7.39. The molecule has 0 radical (unpaired) electrons. The third-order valence-corrected chi connectivity index (χ3v) is 4.54. The number of rotatable bonds is 8. The van der Waals surface area contributed by atoms with Gasteiger partial charge in [-0.25, -0.2) is 0 Å². The molecule has 100 valence electrons. The van der Waals surface area contributed by atoms with Crippen molar-refractivity contribution in [2.24, 2.45) is 0 Å². The first-order valence-corrected chi connectivity index (χ1v) is 10.3. The van der Waals surface area contributed by atoms with E-state index in [1.165, 1.54) is 19.3 Å². The average molecular weight is 307 g/mol. The van der Waals surface area contributed by atoms with Gasteiger partial charge in [0.25, 0.3) is 0 Å². The van der Waals surface area contributed by atoms with Gasteiger partial charge >= 0.3 is 7.18 Å². The van der Waals surface area contributed by atoms with Crippen molar-refractivity contribution in [2.45, 2.75) is 40.0 Å². The van der Waals surface area contributed by atoms with Gasteiger partial charge in [-0.05, 0) is 20.3 Å². The Bertz CT molecular complexity index is 128. The van der Waals surface area contributed by atoms with E-state index in [0.29, 0.717) is 13.2 Å². The molecule has 0 aliphatic rings. The minimum Gasteiger partial charge on any atom is -0.428 e. The molecular formula is C9H24Cl2O3Si2. The SMILES string of the molecule is CCCCCO[SiH3].CCO[Si](Cl)(Cl)OCC. The molecule has 0 bridgehead atoms. The fourth-order valence-corrected chi connectivity index (χ4v) is 3.23. The third kappa shape index (κ3) is 17.3. The Kier molecular flexibility index (Phi) is 16.8. The van der Waals surface area contributed by atoms with E-state index in [4.69, 9.17) is 35.4 Å². The summed E-state index contributed by atoms with van der Waals surface area (Å²) in [5.74, 6) is 0. The molecule has 0 unspecified atom stereocenters. The van der Waals surface area contributed by atoms with Crippen LogP contribution in [0.2, 0.25) is 0 Å². The molecule has 0 rings (SSSR count). The molecular weight excluding hydrogens is 283 g/mol. The van der Waals surface area contributed by atoms with Crippen molar-refractivity contribution in [1.29, 1.82) is 0 Å². The Labute approximate surface area is 113 Å². The van der Waals surface area contributed by atoms with Gasteiger partial charge in [-0.2, -0.15) is 0 Å². The van der Waals surface area contributed by atoms with Gasteiger partial charge in [0, 0.05) is 19.8 Å². The summed E-state index contributed by atoms with van der Waals surface area (Å²) in [6, 6.07) is 0. The molecule has 0 fully saturated rings. The fourth-order valence-electron chi connectivity index (χ4n) is 0.874. The highest BCUT2D eigenvalue weighted by atomic mass is 35.7. The number of unbranched alkanes of at least 4 members (excludes halogenated alkanes) is 2. The van der Waals surface area contributed by atoms with Crippen LogP contribution in [0.25, 0.3) is 0 Å². The van der Waals surface area contributed by atoms with E-state index in [-0.39, 0.29) is 0 Å². The summed E-state index contributed by atoms with van der Waals surface area (Å²) in [4.78, 5) is 0. The lowest BCUT2D eigenvalue weighted by molar-refractivity contribution is 0.222. The molecule has 0 amide bonds. The average Bonchev–Trinajstić information content (AvgIpc) is 2.19. The molecule has 0 aliphatic carbocycles. The van der Waals surface area contributed by atoms with Crippen molar-refractivity contribution in [3.05, 3.63) is 0 Å². The lowest BCUT2D eigenvalue weighted by Gasteiger charge is -2.13. The van der Waals surface area contributed by atoms with E-state index < -0.39 is 7.18 Å². The zero-order valence-corrected chi connectivity index (χ0v) is 15.2. The zero-order chi connectivity index (χ0) is 12.9. The van der Waals surface area contributed by atoms with Crippen LogP contribution in [0.5, 0.6) is 0 Å². The second kappa shape index (κ2) is 14.0. The van der Waals surface area contributed by atoms with Gasteiger partial charge in [-0.15, -0.1) is 0 Å². The molecule has 0 spiro atoms. The van der Waals surface area contributed by atoms with Crippen LogP contribution in [0.1, 0.15) is 40.0 Å². The van der Waals surface area contributed by atoms with Crippen LogP contribution in [-0.4, -0.2) is 37.5 Å². The van der Waals surface area contributed by atoms with Gasteiger partial charge < -0.3 is 13.3 Å². The highest BCUT2D eigenvalue weighted by Gasteiger charge is 2.32. The summed E-state index contributed by atoms with van der Waals surface area (Å²) in [6.45, 7) is 7.84. The monoisotopic (exact) mass is 306 g/mol. The smallest absolute Gasteiger partial charge is 0.428 e. The Balaban J connectivity index is 0. The van der Waals surface area contributed by atoms with E-state index in [0.717, 1.165) is 17.1 Å². The molecule has 0 aromatic heterocycles. The maximum Gasteiger partial charge on any atom is 0.551 e. The largest absolute Gasteiger partial charge is 0.551 e. The number of hydrogen-bond acceptors (Lipinski definition) is 3. The van der Waals surface area contributed by atoms with E-state index in [9.17, 15) is 0 Å². The summed E-state index contributed by atoms with van der Waals surface area (Å²) in [5, 5.41) is 0. The van der Waals surface area contributed by atoms with Crippen LogP contribution in [0.4, 0.5) is 0 Å². The van der Waals surface area contributed by atoms with Gasteiger partial charge in [-0.3, -0.25) is 0 Å². The predicted octanol–water partition coefficient (Wildman–Crippen LogP) is 2.45. The standard InChI is InChI=1S/C5H14OSi.C4H10Cl2O2Si/c1-2-3-4-5-6-7;1-3-7-9(5,6)8-4-2/h2-5H2,1,7H3;3-4H2,1-2H3. The third-order valence-electron chi connectivity index (χ3n) is 1.58. The summed E-state index contributed by atoms with van der Waals surface area (Å²) in [7, 11) is -1.85. The zero-order valence-electron chi connectivity index (χ0n) is 10.7. The van der Waals surface area contributed by atoms with Gasteiger partial charge in [0.1, 0.15) is 10.5 Å². The van der Waals surface area contributed by atoms with Gasteiger partial charge in [-0.1, -0.05) is 41.9 Å². The van der Waals surface area contributed by atoms with E-state index in [1.807, 2.05) is 13.8 Å². The van der Waals surface area contributed by atoms with E-state index in [2.05, 4.69) is 6.92 Å². The van der Waals surface area contributed by atoms with Crippen molar-refractivity contribution in [3.63, 3.8) is 0 Å². The van der Waals surface area contributed by atoms with E-state index in [1.54, 1.807) is 0 Å². The quantitative estimate of drug-likeness (QED) is 0.392. The minimum absolute atomic E-state index is 0.499. The van der Waals surface area contributed by atoms with Crippen molar-refractivity contribution < 1.29 is 13.3 Å². The molecule has 0 aliphatic heterocycles. The first-order chi connectivity index (χ1) is 7.54. The molecule has 3 nitrogen and oxygen atoms in total. The molecule has 7 heteroatoms. The summed E-state index contributed by atoms with van der Waals surface area (Å²) < 4.78 is 14.8. The number of halogens is 2. The van der Waals surface area contributed by atoms with Crippen molar-refractivity contribution in [1.82, 2.24) is 0 Å². The minimum atomic E-state index is -2.76. The second-order valence-electron chi connectivity index (χ2n) is 3.03. The van der Waals surface area contributed by atoms with Gasteiger partial charge in [0.2, 0.25) is 0 Å². The molecule has 0 saturated heterocycles. The van der Waals surface area contributed by atoms with Crippen LogP contribution >= 0.6 is 22.2 Å². The summed E-state index contributed by atoms with van der Waals surface area (Å²) in [6.07, 6.45) is 3.87. The maximum absolute atomic E-state index is 5.60. The molecule has 16 heavy (non-hydrogen) atoms. The van der Waals surface area contributed by atoms with Gasteiger partial charge in [0.15, 0.2) is 0 Å². The Morgan fingerprint density at radius 3 is 1.81 bits per heavy atom. The van der Waals surface area contributed by atoms with Crippen LogP contribution in [0, 0.1) is 0 Å². The molecule has 0 saturated carbocycles. The molecule has 0 aromatic rings. The first kappa shape index (κ1) is 19.2. The summed E-state index contributed by atoms with van der Waals surface area (Å²) in [5.41, 5.74) is 0.